The predicted molar refractivity (Wildman–Crippen MR) is 97.0 cm³/mol. The number of para-hydroxylation sites is 1. The van der Waals surface area contributed by atoms with Crippen LogP contribution in [0.1, 0.15) is 48.1 Å². The van der Waals surface area contributed by atoms with Gasteiger partial charge in [-0.2, -0.15) is 0 Å². The van der Waals surface area contributed by atoms with Crippen LogP contribution >= 0.6 is 0 Å². The minimum Gasteiger partial charge on any atom is -0.488 e. The van der Waals surface area contributed by atoms with Crippen LogP contribution in [0.25, 0.3) is 0 Å². The standard InChI is InChI=1S/C19H25N3O4/c1-12-15(13(2)26-22-12)11-25-16-9-7-6-8-14(16)18(24)20-10-17(23)21-19(3,4)5/h6-9H,10-11H2,1-5H3,(H,20,24)(H,21,23). The number of aromatic nitrogens is 1. The zero-order valence-corrected chi connectivity index (χ0v) is 15.8. The highest BCUT2D eigenvalue weighted by Gasteiger charge is 2.17. The van der Waals surface area contributed by atoms with Crippen LogP contribution in [-0.2, 0) is 11.4 Å². The molecule has 0 saturated carbocycles. The molecule has 2 amide bonds. The van der Waals surface area contributed by atoms with Crippen molar-refractivity contribution in [2.24, 2.45) is 0 Å². The predicted octanol–water partition coefficient (Wildman–Crippen LogP) is 2.51. The Morgan fingerprint density at radius 2 is 1.88 bits per heavy atom. The van der Waals surface area contributed by atoms with E-state index in [1.54, 1.807) is 24.3 Å². The first-order chi connectivity index (χ1) is 12.2. The van der Waals surface area contributed by atoms with E-state index in [0.717, 1.165) is 11.3 Å². The zero-order chi connectivity index (χ0) is 19.3. The number of hydrogen-bond donors (Lipinski definition) is 2. The first kappa shape index (κ1) is 19.5. The van der Waals surface area contributed by atoms with E-state index in [-0.39, 0.29) is 30.5 Å². The smallest absolute Gasteiger partial charge is 0.255 e. The fraction of sp³-hybridized carbons (Fsp3) is 0.421. The van der Waals surface area contributed by atoms with Crippen LogP contribution < -0.4 is 15.4 Å². The number of amides is 2. The molecule has 2 aromatic rings. The van der Waals surface area contributed by atoms with E-state index in [2.05, 4.69) is 15.8 Å². The lowest BCUT2D eigenvalue weighted by Gasteiger charge is -2.20. The topological polar surface area (TPSA) is 93.5 Å². The summed E-state index contributed by atoms with van der Waals surface area (Å²) in [6.45, 7) is 9.43. The number of nitrogens with zero attached hydrogens (tertiary/aromatic N) is 1. The van der Waals surface area contributed by atoms with Gasteiger partial charge in [-0.05, 0) is 46.8 Å². The molecule has 0 unspecified atom stereocenters. The van der Waals surface area contributed by atoms with E-state index >= 15 is 0 Å². The number of carbonyl (C=O) groups is 2. The highest BCUT2D eigenvalue weighted by Crippen LogP contribution is 2.21. The molecule has 1 aromatic carbocycles. The Bertz CT molecular complexity index is 771. The van der Waals surface area contributed by atoms with Gasteiger partial charge in [-0.3, -0.25) is 9.59 Å². The maximum Gasteiger partial charge on any atom is 0.255 e. The average molecular weight is 359 g/mol. The zero-order valence-electron chi connectivity index (χ0n) is 15.8. The lowest BCUT2D eigenvalue weighted by Crippen LogP contribution is -2.45. The van der Waals surface area contributed by atoms with Crippen molar-refractivity contribution < 1.29 is 18.8 Å². The minimum atomic E-state index is -0.372. The fourth-order valence-corrected chi connectivity index (χ4v) is 2.36. The SMILES string of the molecule is Cc1noc(C)c1COc1ccccc1C(=O)NCC(=O)NC(C)(C)C. The maximum absolute atomic E-state index is 12.4. The number of rotatable bonds is 6. The third-order valence-electron chi connectivity index (χ3n) is 3.61. The molecule has 0 spiro atoms. The summed E-state index contributed by atoms with van der Waals surface area (Å²) in [7, 11) is 0. The lowest BCUT2D eigenvalue weighted by molar-refractivity contribution is -0.121. The van der Waals surface area contributed by atoms with E-state index in [9.17, 15) is 9.59 Å². The summed E-state index contributed by atoms with van der Waals surface area (Å²) in [5, 5.41) is 9.30. The van der Waals surface area contributed by atoms with E-state index in [1.165, 1.54) is 0 Å². The third kappa shape index (κ3) is 5.34. The van der Waals surface area contributed by atoms with Crippen LogP contribution in [0.3, 0.4) is 0 Å². The molecule has 7 nitrogen and oxygen atoms in total. The van der Waals surface area contributed by atoms with Crippen molar-refractivity contribution in [3.05, 3.63) is 46.8 Å². The van der Waals surface area contributed by atoms with Crippen LogP contribution in [0.5, 0.6) is 5.75 Å². The third-order valence-corrected chi connectivity index (χ3v) is 3.61. The number of ether oxygens (including phenoxy) is 1. The van der Waals surface area contributed by atoms with Gasteiger partial charge in [0.15, 0.2) is 0 Å². The molecule has 140 valence electrons. The van der Waals surface area contributed by atoms with E-state index in [1.807, 2.05) is 34.6 Å². The first-order valence-corrected chi connectivity index (χ1v) is 8.40. The molecule has 26 heavy (non-hydrogen) atoms. The molecule has 0 bridgehead atoms. The molecule has 1 aromatic heterocycles. The summed E-state index contributed by atoms with van der Waals surface area (Å²) in [4.78, 5) is 24.3. The first-order valence-electron chi connectivity index (χ1n) is 8.40. The van der Waals surface area contributed by atoms with Crippen molar-refractivity contribution in [3.8, 4) is 5.75 Å². The van der Waals surface area contributed by atoms with E-state index < -0.39 is 0 Å². The second kappa shape index (κ2) is 8.03. The van der Waals surface area contributed by atoms with Gasteiger partial charge in [0.1, 0.15) is 18.1 Å². The molecule has 0 radical (unpaired) electrons. The molecule has 0 saturated heterocycles. The monoisotopic (exact) mass is 359 g/mol. The molecule has 0 aliphatic heterocycles. The van der Waals surface area contributed by atoms with Gasteiger partial charge in [-0.1, -0.05) is 17.3 Å². The molecule has 0 aliphatic carbocycles. The Morgan fingerprint density at radius 1 is 1.19 bits per heavy atom. The summed E-state index contributed by atoms with van der Waals surface area (Å²) < 4.78 is 10.9. The van der Waals surface area contributed by atoms with Crippen molar-refractivity contribution in [1.82, 2.24) is 15.8 Å². The van der Waals surface area contributed by atoms with Gasteiger partial charge in [0.25, 0.3) is 5.91 Å². The van der Waals surface area contributed by atoms with Crippen LogP contribution in [-0.4, -0.2) is 29.1 Å². The van der Waals surface area contributed by atoms with Crippen LogP contribution in [0.15, 0.2) is 28.8 Å². The van der Waals surface area contributed by atoms with Crippen LogP contribution in [0, 0.1) is 13.8 Å². The summed E-state index contributed by atoms with van der Waals surface area (Å²) in [5.41, 5.74) is 1.62. The summed E-state index contributed by atoms with van der Waals surface area (Å²) in [5.74, 6) is 0.493. The van der Waals surface area contributed by atoms with Crippen molar-refractivity contribution in [3.63, 3.8) is 0 Å². The number of nitrogens with one attached hydrogen (secondary N) is 2. The second-order valence-corrected chi connectivity index (χ2v) is 7.07. The number of benzene rings is 1. The normalized spacial score (nSPS) is 11.1. The van der Waals surface area contributed by atoms with E-state index in [4.69, 9.17) is 9.26 Å². The number of aryl methyl sites for hydroxylation is 2. The number of carbonyl (C=O) groups excluding carboxylic acids is 2. The van der Waals surface area contributed by atoms with Gasteiger partial charge in [-0.25, -0.2) is 0 Å². The molecule has 0 atom stereocenters. The molecular weight excluding hydrogens is 334 g/mol. The molecular formula is C19H25N3O4. The highest BCUT2D eigenvalue weighted by molar-refractivity contribution is 5.98. The highest BCUT2D eigenvalue weighted by atomic mass is 16.5. The Kier molecular flexibility index (Phi) is 6.02. The summed E-state index contributed by atoms with van der Waals surface area (Å²) >= 11 is 0. The maximum atomic E-state index is 12.4. The molecule has 2 N–H and O–H groups in total. The van der Waals surface area contributed by atoms with Crippen molar-refractivity contribution >= 4 is 11.8 Å². The van der Waals surface area contributed by atoms with Gasteiger partial charge >= 0.3 is 0 Å². The van der Waals surface area contributed by atoms with Crippen molar-refractivity contribution in [2.45, 2.75) is 46.8 Å². The number of hydrogen-bond acceptors (Lipinski definition) is 5. The largest absolute Gasteiger partial charge is 0.488 e. The Hall–Kier alpha value is -2.83. The summed E-state index contributed by atoms with van der Waals surface area (Å²) in [6.07, 6.45) is 0. The van der Waals surface area contributed by atoms with Crippen molar-refractivity contribution in [2.75, 3.05) is 6.54 Å². The van der Waals surface area contributed by atoms with Gasteiger partial charge in [0.2, 0.25) is 5.91 Å². The fourth-order valence-electron chi connectivity index (χ4n) is 2.36. The van der Waals surface area contributed by atoms with Crippen molar-refractivity contribution in [1.29, 1.82) is 0 Å². The Labute approximate surface area is 153 Å². The molecule has 1 heterocycles. The van der Waals surface area contributed by atoms with Crippen LogP contribution in [0.2, 0.25) is 0 Å². The molecule has 2 rings (SSSR count). The Morgan fingerprint density at radius 3 is 2.50 bits per heavy atom. The minimum absolute atomic E-state index is 0.103. The average Bonchev–Trinajstić information content (AvgIpc) is 2.88. The molecule has 0 fully saturated rings. The van der Waals surface area contributed by atoms with Gasteiger partial charge in [0.05, 0.1) is 23.4 Å². The van der Waals surface area contributed by atoms with Gasteiger partial charge < -0.3 is 19.9 Å². The quantitative estimate of drug-likeness (QED) is 0.827. The Balaban J connectivity index is 2.01. The molecule has 0 aliphatic rings. The second-order valence-electron chi connectivity index (χ2n) is 7.07. The van der Waals surface area contributed by atoms with E-state index in [0.29, 0.717) is 17.1 Å². The summed E-state index contributed by atoms with van der Waals surface area (Å²) in [6, 6.07) is 6.89. The molecule has 7 heteroatoms. The van der Waals surface area contributed by atoms with Gasteiger partial charge in [0, 0.05) is 5.54 Å². The lowest BCUT2D eigenvalue weighted by atomic mass is 10.1. The van der Waals surface area contributed by atoms with Gasteiger partial charge in [-0.15, -0.1) is 0 Å². The van der Waals surface area contributed by atoms with Crippen LogP contribution in [0.4, 0.5) is 0 Å².